The quantitative estimate of drug-likeness (QED) is 0.797. The van der Waals surface area contributed by atoms with E-state index in [1.807, 2.05) is 29.2 Å². The van der Waals surface area contributed by atoms with Gasteiger partial charge in [0, 0.05) is 43.1 Å². The van der Waals surface area contributed by atoms with Gasteiger partial charge in [0.25, 0.3) is 0 Å². The van der Waals surface area contributed by atoms with E-state index in [4.69, 9.17) is 4.74 Å². The van der Waals surface area contributed by atoms with Crippen LogP contribution in [0.1, 0.15) is 25.7 Å². The van der Waals surface area contributed by atoms with Crippen LogP contribution in [-0.4, -0.2) is 40.2 Å². The summed E-state index contributed by atoms with van der Waals surface area (Å²) in [5, 5.41) is 10.1. The third kappa shape index (κ3) is 3.67. The number of piperidine rings is 1. The molecule has 0 unspecified atom stereocenters. The molecule has 0 N–H and O–H groups in total. The summed E-state index contributed by atoms with van der Waals surface area (Å²) in [5.74, 6) is 0.785. The lowest BCUT2D eigenvalue weighted by atomic mass is 10.1. The standard InChI is InChI=1S/C18H21N3O2/c1-2-3-8-17(22)21-11-9-15(10-12-21)23-18-16-7-5-4-6-14(16)13-19-20-18/h2,4-7,13,15H,1,3,8-12H2. The second-order valence-electron chi connectivity index (χ2n) is 5.76. The van der Waals surface area contributed by atoms with Gasteiger partial charge in [-0.25, -0.2) is 0 Å². The largest absolute Gasteiger partial charge is 0.473 e. The number of fused-ring (bicyclic) bond motifs is 1. The van der Waals surface area contributed by atoms with Crippen molar-refractivity contribution in [3.05, 3.63) is 43.1 Å². The predicted octanol–water partition coefficient (Wildman–Crippen LogP) is 2.97. The van der Waals surface area contributed by atoms with E-state index in [1.165, 1.54) is 0 Å². The maximum Gasteiger partial charge on any atom is 0.241 e. The fraction of sp³-hybridized carbons (Fsp3) is 0.389. The minimum Gasteiger partial charge on any atom is -0.473 e. The highest BCUT2D eigenvalue weighted by atomic mass is 16.5. The van der Waals surface area contributed by atoms with Gasteiger partial charge in [-0.15, -0.1) is 11.7 Å². The zero-order valence-electron chi connectivity index (χ0n) is 13.1. The molecule has 2 aromatic rings. The molecule has 0 atom stereocenters. The third-order valence-corrected chi connectivity index (χ3v) is 4.17. The van der Waals surface area contributed by atoms with E-state index < -0.39 is 0 Å². The molecule has 1 aromatic heterocycles. The van der Waals surface area contributed by atoms with E-state index in [0.29, 0.717) is 12.3 Å². The molecule has 1 aromatic carbocycles. The Kier molecular flexibility index (Phi) is 4.86. The van der Waals surface area contributed by atoms with Crippen molar-refractivity contribution in [1.82, 2.24) is 15.1 Å². The topological polar surface area (TPSA) is 55.3 Å². The molecule has 1 amide bonds. The summed E-state index contributed by atoms with van der Waals surface area (Å²) in [5.41, 5.74) is 0. The molecule has 2 heterocycles. The molecule has 0 spiro atoms. The monoisotopic (exact) mass is 311 g/mol. The molecule has 3 rings (SSSR count). The van der Waals surface area contributed by atoms with Crippen LogP contribution in [0, 0.1) is 0 Å². The van der Waals surface area contributed by atoms with Crippen molar-refractivity contribution >= 4 is 16.7 Å². The number of benzene rings is 1. The van der Waals surface area contributed by atoms with Crippen LogP contribution in [0.15, 0.2) is 43.1 Å². The summed E-state index contributed by atoms with van der Waals surface area (Å²) >= 11 is 0. The fourth-order valence-corrected chi connectivity index (χ4v) is 2.85. The van der Waals surface area contributed by atoms with Crippen molar-refractivity contribution in [1.29, 1.82) is 0 Å². The summed E-state index contributed by atoms with van der Waals surface area (Å²) < 4.78 is 6.05. The Labute approximate surface area is 136 Å². The highest BCUT2D eigenvalue weighted by molar-refractivity contribution is 5.85. The minimum atomic E-state index is 0.0820. The van der Waals surface area contributed by atoms with Gasteiger partial charge in [0.05, 0.1) is 6.20 Å². The van der Waals surface area contributed by atoms with Crippen molar-refractivity contribution in [2.24, 2.45) is 0 Å². The van der Waals surface area contributed by atoms with Crippen molar-refractivity contribution < 1.29 is 9.53 Å². The molecule has 1 fully saturated rings. The van der Waals surface area contributed by atoms with E-state index in [9.17, 15) is 4.79 Å². The van der Waals surface area contributed by atoms with Crippen molar-refractivity contribution in [3.63, 3.8) is 0 Å². The first-order valence-electron chi connectivity index (χ1n) is 8.03. The summed E-state index contributed by atoms with van der Waals surface area (Å²) in [6.45, 7) is 5.13. The summed E-state index contributed by atoms with van der Waals surface area (Å²) in [6, 6.07) is 7.93. The number of likely N-dealkylation sites (tertiary alicyclic amines) is 1. The van der Waals surface area contributed by atoms with Crippen molar-refractivity contribution in [2.75, 3.05) is 13.1 Å². The zero-order valence-corrected chi connectivity index (χ0v) is 13.1. The van der Waals surface area contributed by atoms with Gasteiger partial charge in [-0.2, -0.15) is 5.10 Å². The number of nitrogens with zero attached hydrogens (tertiary/aromatic N) is 3. The molecule has 1 aliphatic heterocycles. The number of hydrogen-bond donors (Lipinski definition) is 0. The first-order valence-corrected chi connectivity index (χ1v) is 8.03. The number of carbonyl (C=O) groups excluding carboxylic acids is 1. The average molecular weight is 311 g/mol. The van der Waals surface area contributed by atoms with Gasteiger partial charge in [-0.05, 0) is 12.5 Å². The molecule has 5 heteroatoms. The van der Waals surface area contributed by atoms with Gasteiger partial charge in [0.15, 0.2) is 0 Å². The predicted molar refractivity (Wildman–Crippen MR) is 89.2 cm³/mol. The molecule has 5 nitrogen and oxygen atoms in total. The number of aromatic nitrogens is 2. The Morgan fingerprint density at radius 2 is 2.13 bits per heavy atom. The number of amides is 1. The number of hydrogen-bond acceptors (Lipinski definition) is 4. The summed E-state index contributed by atoms with van der Waals surface area (Å²) in [7, 11) is 0. The van der Waals surface area contributed by atoms with Crippen LogP contribution in [-0.2, 0) is 4.79 Å². The van der Waals surface area contributed by atoms with E-state index in [-0.39, 0.29) is 12.0 Å². The lowest BCUT2D eigenvalue weighted by Crippen LogP contribution is -2.41. The number of allylic oxidation sites excluding steroid dienone is 1. The van der Waals surface area contributed by atoms with Gasteiger partial charge >= 0.3 is 0 Å². The molecule has 0 aliphatic carbocycles. The normalized spacial score (nSPS) is 15.6. The van der Waals surface area contributed by atoms with E-state index in [2.05, 4.69) is 16.8 Å². The Hall–Kier alpha value is -2.43. The molecular weight excluding hydrogens is 290 g/mol. The van der Waals surface area contributed by atoms with Gasteiger partial charge in [0.1, 0.15) is 6.10 Å². The Morgan fingerprint density at radius 3 is 2.91 bits per heavy atom. The van der Waals surface area contributed by atoms with E-state index in [1.54, 1.807) is 12.3 Å². The summed E-state index contributed by atoms with van der Waals surface area (Å²) in [4.78, 5) is 13.9. The van der Waals surface area contributed by atoms with E-state index >= 15 is 0 Å². The van der Waals surface area contributed by atoms with Crippen LogP contribution in [0.5, 0.6) is 5.88 Å². The van der Waals surface area contributed by atoms with Crippen LogP contribution in [0.4, 0.5) is 0 Å². The maximum atomic E-state index is 12.0. The van der Waals surface area contributed by atoms with Crippen LogP contribution >= 0.6 is 0 Å². The average Bonchev–Trinajstić information content (AvgIpc) is 2.60. The highest BCUT2D eigenvalue weighted by Gasteiger charge is 2.24. The molecule has 1 aliphatic rings. The lowest BCUT2D eigenvalue weighted by Gasteiger charge is -2.32. The lowest BCUT2D eigenvalue weighted by molar-refractivity contribution is -0.132. The molecule has 0 bridgehead atoms. The van der Waals surface area contributed by atoms with Gasteiger partial charge in [-0.1, -0.05) is 24.3 Å². The Balaban J connectivity index is 1.60. The Morgan fingerprint density at radius 1 is 1.35 bits per heavy atom. The second kappa shape index (κ2) is 7.22. The van der Waals surface area contributed by atoms with Crippen LogP contribution in [0.3, 0.4) is 0 Å². The molecule has 0 saturated carbocycles. The third-order valence-electron chi connectivity index (χ3n) is 4.17. The molecule has 0 radical (unpaired) electrons. The molecule has 1 saturated heterocycles. The summed E-state index contributed by atoms with van der Waals surface area (Å²) in [6.07, 6.45) is 6.54. The van der Waals surface area contributed by atoms with Crippen LogP contribution < -0.4 is 4.74 Å². The van der Waals surface area contributed by atoms with Crippen molar-refractivity contribution in [3.8, 4) is 5.88 Å². The zero-order chi connectivity index (χ0) is 16.1. The van der Waals surface area contributed by atoms with Gasteiger partial charge in [-0.3, -0.25) is 4.79 Å². The van der Waals surface area contributed by atoms with Crippen LogP contribution in [0.2, 0.25) is 0 Å². The fourth-order valence-electron chi connectivity index (χ4n) is 2.85. The van der Waals surface area contributed by atoms with Gasteiger partial charge < -0.3 is 9.64 Å². The molecule has 23 heavy (non-hydrogen) atoms. The van der Waals surface area contributed by atoms with Crippen LogP contribution in [0.25, 0.3) is 10.8 Å². The highest BCUT2D eigenvalue weighted by Crippen LogP contribution is 2.25. The maximum absolute atomic E-state index is 12.0. The number of rotatable bonds is 5. The van der Waals surface area contributed by atoms with E-state index in [0.717, 1.165) is 43.1 Å². The molecular formula is C18H21N3O2. The van der Waals surface area contributed by atoms with Crippen molar-refractivity contribution in [2.45, 2.75) is 31.8 Å². The molecule has 120 valence electrons. The number of ether oxygens (including phenoxy) is 1. The van der Waals surface area contributed by atoms with Gasteiger partial charge in [0.2, 0.25) is 11.8 Å². The minimum absolute atomic E-state index is 0.0820. The smallest absolute Gasteiger partial charge is 0.241 e. The first kappa shape index (κ1) is 15.5. The first-order chi connectivity index (χ1) is 11.3. The Bertz CT molecular complexity index is 688. The second-order valence-corrected chi connectivity index (χ2v) is 5.76. The number of carbonyl (C=O) groups is 1. The SMILES string of the molecule is C=CCCC(=O)N1CCC(Oc2nncc3ccccc23)CC1.